The molecule has 70 valence electrons. The van der Waals surface area contributed by atoms with Crippen LogP contribution in [0.3, 0.4) is 0 Å². The first-order chi connectivity index (χ1) is 6.45. The summed E-state index contributed by atoms with van der Waals surface area (Å²) in [6.07, 6.45) is 2.66. The summed E-state index contributed by atoms with van der Waals surface area (Å²) in [5.41, 5.74) is 4.07. The van der Waals surface area contributed by atoms with Crippen molar-refractivity contribution >= 4 is 11.8 Å². The number of H-pyrrole nitrogens is 1. The van der Waals surface area contributed by atoms with Crippen LogP contribution in [-0.4, -0.2) is 16.0 Å². The molecule has 4 heteroatoms. The lowest BCUT2D eigenvalue weighted by Gasteiger charge is -2.05. The van der Waals surface area contributed by atoms with E-state index in [1.54, 1.807) is 0 Å². The Balaban J connectivity index is 1.95. The third-order valence-corrected chi connectivity index (χ3v) is 4.21. The maximum absolute atomic E-state index is 4.43. The molecule has 3 heterocycles. The summed E-state index contributed by atoms with van der Waals surface area (Å²) >= 11 is 2.06. The van der Waals surface area contributed by atoms with Crippen LogP contribution in [-0.2, 0) is 13.1 Å². The monoisotopic (exact) mass is 195 g/mol. The SMILES string of the molecule is C1CSC(c2n[nH]c3c2CNC3)C1. The standard InChI is InChI=1S/C9H13N3S/c1-2-8(13-3-1)9-6-4-10-5-7(6)11-12-9/h8,10H,1-5H2,(H,11,12). The van der Waals surface area contributed by atoms with Gasteiger partial charge in [0, 0.05) is 23.9 Å². The molecule has 0 radical (unpaired) electrons. The number of fused-ring (bicyclic) bond motifs is 1. The normalized spacial score (nSPS) is 26.6. The average Bonchev–Trinajstić information content (AvgIpc) is 2.79. The highest BCUT2D eigenvalue weighted by Gasteiger charge is 2.26. The Morgan fingerprint density at radius 1 is 1.38 bits per heavy atom. The van der Waals surface area contributed by atoms with E-state index in [0.717, 1.165) is 13.1 Å². The van der Waals surface area contributed by atoms with Gasteiger partial charge in [-0.05, 0) is 18.6 Å². The van der Waals surface area contributed by atoms with Crippen LogP contribution in [0, 0.1) is 0 Å². The third kappa shape index (κ3) is 1.20. The Morgan fingerprint density at radius 2 is 2.38 bits per heavy atom. The minimum Gasteiger partial charge on any atom is -0.307 e. The molecule has 0 saturated carbocycles. The molecule has 1 atom stereocenters. The second-order valence-electron chi connectivity index (χ2n) is 3.67. The Labute approximate surface area is 81.7 Å². The Hall–Kier alpha value is -0.480. The average molecular weight is 195 g/mol. The lowest BCUT2D eigenvalue weighted by Crippen LogP contribution is -2.04. The van der Waals surface area contributed by atoms with Crippen molar-refractivity contribution < 1.29 is 0 Å². The molecule has 0 aromatic carbocycles. The number of rotatable bonds is 1. The smallest absolute Gasteiger partial charge is 0.0800 e. The van der Waals surface area contributed by atoms with Crippen LogP contribution in [0.2, 0.25) is 0 Å². The molecule has 3 nitrogen and oxygen atoms in total. The van der Waals surface area contributed by atoms with Crippen LogP contribution >= 0.6 is 11.8 Å². The maximum atomic E-state index is 4.43. The van der Waals surface area contributed by atoms with Gasteiger partial charge in [0.15, 0.2) is 0 Å². The zero-order valence-corrected chi connectivity index (χ0v) is 8.28. The second kappa shape index (κ2) is 3.03. The van der Waals surface area contributed by atoms with Gasteiger partial charge in [-0.3, -0.25) is 5.10 Å². The number of nitrogens with zero attached hydrogens (tertiary/aromatic N) is 1. The summed E-state index contributed by atoms with van der Waals surface area (Å²) in [4.78, 5) is 0. The molecule has 0 amide bonds. The Morgan fingerprint density at radius 3 is 3.23 bits per heavy atom. The van der Waals surface area contributed by atoms with Crippen molar-refractivity contribution in [2.75, 3.05) is 5.75 Å². The fourth-order valence-corrected chi connectivity index (χ4v) is 3.44. The minimum absolute atomic E-state index is 0.667. The quantitative estimate of drug-likeness (QED) is 0.715. The van der Waals surface area contributed by atoms with Crippen molar-refractivity contribution in [2.45, 2.75) is 31.2 Å². The molecule has 1 saturated heterocycles. The van der Waals surface area contributed by atoms with Crippen molar-refractivity contribution in [3.05, 3.63) is 17.0 Å². The van der Waals surface area contributed by atoms with Gasteiger partial charge in [0.25, 0.3) is 0 Å². The molecule has 0 bridgehead atoms. The summed E-state index contributed by atoms with van der Waals surface area (Å²) < 4.78 is 0. The number of aromatic amines is 1. The lowest BCUT2D eigenvalue weighted by atomic mass is 10.1. The van der Waals surface area contributed by atoms with E-state index >= 15 is 0 Å². The molecule has 0 spiro atoms. The van der Waals surface area contributed by atoms with Crippen molar-refractivity contribution in [2.24, 2.45) is 0 Å². The first-order valence-corrected chi connectivity index (χ1v) is 5.88. The molecule has 1 aromatic rings. The van der Waals surface area contributed by atoms with E-state index in [4.69, 9.17) is 0 Å². The van der Waals surface area contributed by atoms with Crippen molar-refractivity contribution in [3.63, 3.8) is 0 Å². The second-order valence-corrected chi connectivity index (χ2v) is 4.98. The van der Waals surface area contributed by atoms with Gasteiger partial charge in [-0.2, -0.15) is 16.9 Å². The van der Waals surface area contributed by atoms with Crippen LogP contribution < -0.4 is 5.32 Å². The summed E-state index contributed by atoms with van der Waals surface area (Å²) in [6.45, 7) is 1.98. The summed E-state index contributed by atoms with van der Waals surface area (Å²) in [5.74, 6) is 1.31. The molecular weight excluding hydrogens is 182 g/mol. The first kappa shape index (κ1) is 7.88. The van der Waals surface area contributed by atoms with Gasteiger partial charge in [0.05, 0.1) is 11.4 Å². The van der Waals surface area contributed by atoms with E-state index in [1.165, 1.54) is 35.5 Å². The maximum Gasteiger partial charge on any atom is 0.0800 e. The van der Waals surface area contributed by atoms with Crippen molar-refractivity contribution in [1.29, 1.82) is 0 Å². The molecule has 2 aliphatic heterocycles. The highest BCUT2D eigenvalue weighted by Crippen LogP contribution is 2.41. The molecule has 1 aromatic heterocycles. The summed E-state index contributed by atoms with van der Waals surface area (Å²) in [5, 5.41) is 11.6. The van der Waals surface area contributed by atoms with Gasteiger partial charge in [-0.25, -0.2) is 0 Å². The topological polar surface area (TPSA) is 40.7 Å². The predicted octanol–water partition coefficient (Wildman–Crippen LogP) is 1.58. The van der Waals surface area contributed by atoms with E-state index in [9.17, 15) is 0 Å². The minimum atomic E-state index is 0.667. The Kier molecular flexibility index (Phi) is 1.84. The van der Waals surface area contributed by atoms with E-state index in [-0.39, 0.29) is 0 Å². The summed E-state index contributed by atoms with van der Waals surface area (Å²) in [7, 11) is 0. The first-order valence-electron chi connectivity index (χ1n) is 4.83. The van der Waals surface area contributed by atoms with Gasteiger partial charge >= 0.3 is 0 Å². The highest BCUT2D eigenvalue weighted by molar-refractivity contribution is 7.99. The third-order valence-electron chi connectivity index (χ3n) is 2.82. The number of aromatic nitrogens is 2. The molecule has 2 aliphatic rings. The zero-order valence-electron chi connectivity index (χ0n) is 7.47. The zero-order chi connectivity index (χ0) is 8.67. The van der Waals surface area contributed by atoms with Gasteiger partial charge in [-0.1, -0.05) is 0 Å². The van der Waals surface area contributed by atoms with Crippen LogP contribution in [0.4, 0.5) is 0 Å². The van der Waals surface area contributed by atoms with Crippen molar-refractivity contribution in [3.8, 4) is 0 Å². The number of hydrogen-bond acceptors (Lipinski definition) is 3. The Bertz CT molecular complexity index is 315. The van der Waals surface area contributed by atoms with Gasteiger partial charge < -0.3 is 5.32 Å². The predicted molar refractivity (Wildman–Crippen MR) is 53.6 cm³/mol. The number of nitrogens with one attached hydrogen (secondary N) is 2. The fraction of sp³-hybridized carbons (Fsp3) is 0.667. The van der Waals surface area contributed by atoms with Crippen molar-refractivity contribution in [1.82, 2.24) is 15.5 Å². The van der Waals surface area contributed by atoms with E-state index in [1.807, 2.05) is 0 Å². The molecule has 3 rings (SSSR count). The van der Waals surface area contributed by atoms with Crippen LogP contribution in [0.5, 0.6) is 0 Å². The fourth-order valence-electron chi connectivity index (χ4n) is 2.13. The van der Waals surface area contributed by atoms with Crippen LogP contribution in [0.15, 0.2) is 0 Å². The molecule has 2 N–H and O–H groups in total. The van der Waals surface area contributed by atoms with E-state index < -0.39 is 0 Å². The molecule has 1 unspecified atom stereocenters. The van der Waals surface area contributed by atoms with E-state index in [2.05, 4.69) is 27.3 Å². The van der Waals surface area contributed by atoms with Gasteiger partial charge in [0.2, 0.25) is 0 Å². The van der Waals surface area contributed by atoms with Gasteiger partial charge in [0.1, 0.15) is 0 Å². The largest absolute Gasteiger partial charge is 0.307 e. The van der Waals surface area contributed by atoms with Gasteiger partial charge in [-0.15, -0.1) is 0 Å². The lowest BCUT2D eigenvalue weighted by molar-refractivity contribution is 0.719. The van der Waals surface area contributed by atoms with E-state index in [0.29, 0.717) is 5.25 Å². The highest BCUT2D eigenvalue weighted by atomic mass is 32.2. The number of hydrogen-bond donors (Lipinski definition) is 2. The van der Waals surface area contributed by atoms with Crippen LogP contribution in [0.1, 0.15) is 35.0 Å². The molecular formula is C9H13N3S. The molecule has 13 heavy (non-hydrogen) atoms. The molecule has 1 fully saturated rings. The molecule has 0 aliphatic carbocycles. The number of thioether (sulfide) groups is 1. The summed E-state index contributed by atoms with van der Waals surface area (Å²) in [6, 6.07) is 0. The van der Waals surface area contributed by atoms with Crippen LogP contribution in [0.25, 0.3) is 0 Å².